The molecule has 1 saturated carbocycles. The highest BCUT2D eigenvalue weighted by Gasteiger charge is 2.25. The monoisotopic (exact) mass is 301 g/mol. The van der Waals surface area contributed by atoms with Crippen LogP contribution in [0, 0.1) is 0 Å². The minimum Gasteiger partial charge on any atom is -0.459 e. The molecule has 20 heavy (non-hydrogen) atoms. The van der Waals surface area contributed by atoms with Crippen molar-refractivity contribution >= 4 is 22.8 Å². The Morgan fingerprint density at radius 1 is 1.20 bits per heavy atom. The molecule has 1 fully saturated rings. The zero-order valence-electron chi connectivity index (χ0n) is 13.1. The van der Waals surface area contributed by atoms with Gasteiger partial charge in [0.25, 0.3) is 0 Å². The Hall–Kier alpha value is -0.550. The Bertz CT molecular complexity index is 333. The molecule has 116 valence electrons. The minimum absolute atomic E-state index is 0.0926. The fourth-order valence-electron chi connectivity index (χ4n) is 2.44. The Labute approximate surface area is 126 Å². The Morgan fingerprint density at radius 3 is 2.30 bits per heavy atom. The molecular weight excluding hydrogens is 274 g/mol. The fraction of sp³-hybridized carbons (Fsp3) is 0.867. The Morgan fingerprint density at radius 2 is 1.80 bits per heavy atom. The SMILES string of the molecule is CC(=O)SCN(CC(=O)OC(C)(C)C)C1CCCCC1. The smallest absolute Gasteiger partial charge is 0.320 e. The second-order valence-electron chi connectivity index (χ2n) is 6.39. The van der Waals surface area contributed by atoms with E-state index in [1.165, 1.54) is 31.0 Å². The van der Waals surface area contributed by atoms with Gasteiger partial charge in [0.15, 0.2) is 5.12 Å². The van der Waals surface area contributed by atoms with E-state index in [0.717, 1.165) is 12.8 Å². The number of carbonyl (C=O) groups is 2. The third-order valence-corrected chi connectivity index (χ3v) is 4.14. The summed E-state index contributed by atoms with van der Waals surface area (Å²) in [5.41, 5.74) is -0.455. The summed E-state index contributed by atoms with van der Waals surface area (Å²) < 4.78 is 5.39. The van der Waals surface area contributed by atoms with Gasteiger partial charge in [-0.15, -0.1) is 0 Å². The molecule has 0 saturated heterocycles. The molecule has 0 amide bonds. The molecule has 0 aliphatic heterocycles. The maximum atomic E-state index is 12.0. The van der Waals surface area contributed by atoms with E-state index in [1.54, 1.807) is 6.92 Å². The fourth-order valence-corrected chi connectivity index (χ4v) is 3.09. The summed E-state index contributed by atoms with van der Waals surface area (Å²) in [6, 6.07) is 0.406. The lowest BCUT2D eigenvalue weighted by atomic mass is 9.94. The van der Waals surface area contributed by atoms with E-state index in [1.807, 2.05) is 20.8 Å². The van der Waals surface area contributed by atoms with Crippen molar-refractivity contribution in [2.24, 2.45) is 0 Å². The third-order valence-electron chi connectivity index (χ3n) is 3.28. The lowest BCUT2D eigenvalue weighted by Crippen LogP contribution is -2.42. The van der Waals surface area contributed by atoms with Crippen LogP contribution < -0.4 is 0 Å². The van der Waals surface area contributed by atoms with Crippen molar-refractivity contribution in [3.8, 4) is 0 Å². The largest absolute Gasteiger partial charge is 0.459 e. The predicted octanol–water partition coefficient (Wildman–Crippen LogP) is 3.20. The van der Waals surface area contributed by atoms with Gasteiger partial charge in [-0.1, -0.05) is 31.0 Å². The van der Waals surface area contributed by atoms with Crippen LogP contribution in [0.5, 0.6) is 0 Å². The molecule has 0 aromatic rings. The second-order valence-corrected chi connectivity index (χ2v) is 7.51. The quantitative estimate of drug-likeness (QED) is 0.576. The molecular formula is C15H27NO3S. The van der Waals surface area contributed by atoms with Crippen LogP contribution in [0.3, 0.4) is 0 Å². The summed E-state index contributed by atoms with van der Waals surface area (Å²) >= 11 is 1.27. The summed E-state index contributed by atoms with van der Waals surface area (Å²) in [6.45, 7) is 7.47. The van der Waals surface area contributed by atoms with Crippen molar-refractivity contribution in [1.82, 2.24) is 4.90 Å². The molecule has 5 heteroatoms. The van der Waals surface area contributed by atoms with Gasteiger partial charge in [-0.05, 0) is 33.6 Å². The van der Waals surface area contributed by atoms with Crippen LogP contribution in [0.4, 0.5) is 0 Å². The molecule has 1 rings (SSSR count). The van der Waals surface area contributed by atoms with Crippen LogP contribution in [-0.4, -0.2) is 40.0 Å². The average molecular weight is 301 g/mol. The predicted molar refractivity (Wildman–Crippen MR) is 82.6 cm³/mol. The van der Waals surface area contributed by atoms with Gasteiger partial charge in [-0.25, -0.2) is 0 Å². The summed E-state index contributed by atoms with van der Waals surface area (Å²) in [7, 11) is 0. The zero-order chi connectivity index (χ0) is 15.2. The summed E-state index contributed by atoms with van der Waals surface area (Å²) in [4.78, 5) is 25.3. The van der Waals surface area contributed by atoms with Crippen molar-refractivity contribution in [1.29, 1.82) is 0 Å². The van der Waals surface area contributed by atoms with E-state index in [2.05, 4.69) is 4.90 Å². The molecule has 4 nitrogen and oxygen atoms in total. The van der Waals surface area contributed by atoms with Gasteiger partial charge in [0.1, 0.15) is 5.60 Å². The van der Waals surface area contributed by atoms with Gasteiger partial charge in [-0.3, -0.25) is 14.5 Å². The van der Waals surface area contributed by atoms with Crippen LogP contribution >= 0.6 is 11.8 Å². The van der Waals surface area contributed by atoms with E-state index in [4.69, 9.17) is 4.74 Å². The number of nitrogens with zero attached hydrogens (tertiary/aromatic N) is 1. The first kappa shape index (κ1) is 17.5. The van der Waals surface area contributed by atoms with Gasteiger partial charge in [0, 0.05) is 13.0 Å². The van der Waals surface area contributed by atoms with Crippen LogP contribution in [0.25, 0.3) is 0 Å². The van der Waals surface area contributed by atoms with Crippen molar-refractivity contribution < 1.29 is 14.3 Å². The number of hydrogen-bond donors (Lipinski definition) is 0. The van der Waals surface area contributed by atoms with Crippen LogP contribution in [-0.2, 0) is 14.3 Å². The van der Waals surface area contributed by atoms with Crippen molar-refractivity contribution in [3.05, 3.63) is 0 Å². The maximum absolute atomic E-state index is 12.0. The number of ether oxygens (including phenoxy) is 1. The minimum atomic E-state index is -0.455. The third kappa shape index (κ3) is 7.29. The molecule has 0 N–H and O–H groups in total. The van der Waals surface area contributed by atoms with Crippen LogP contribution in [0.15, 0.2) is 0 Å². The average Bonchev–Trinajstić information content (AvgIpc) is 2.33. The Kier molecular flexibility index (Phi) is 7.03. The summed E-state index contributed by atoms with van der Waals surface area (Å²) in [5.74, 6) is 0.381. The van der Waals surface area contributed by atoms with Crippen LogP contribution in [0.1, 0.15) is 59.8 Å². The summed E-state index contributed by atoms with van der Waals surface area (Å²) in [5, 5.41) is 0.0926. The molecule has 0 spiro atoms. The molecule has 0 aromatic heterocycles. The molecule has 0 bridgehead atoms. The van der Waals surface area contributed by atoms with Crippen molar-refractivity contribution in [2.75, 3.05) is 12.4 Å². The first-order valence-electron chi connectivity index (χ1n) is 7.37. The van der Waals surface area contributed by atoms with Gasteiger partial charge < -0.3 is 4.74 Å². The first-order chi connectivity index (χ1) is 9.28. The molecule has 1 aliphatic carbocycles. The molecule has 0 atom stereocenters. The first-order valence-corrected chi connectivity index (χ1v) is 8.36. The highest BCUT2D eigenvalue weighted by atomic mass is 32.2. The van der Waals surface area contributed by atoms with E-state index >= 15 is 0 Å². The lowest BCUT2D eigenvalue weighted by molar-refractivity contribution is -0.156. The normalized spacial score (nSPS) is 17.2. The highest BCUT2D eigenvalue weighted by molar-refractivity contribution is 8.13. The molecule has 0 radical (unpaired) electrons. The van der Waals surface area contributed by atoms with E-state index in [-0.39, 0.29) is 17.6 Å². The van der Waals surface area contributed by atoms with Gasteiger partial charge in [0.05, 0.1) is 12.4 Å². The van der Waals surface area contributed by atoms with Gasteiger partial charge >= 0.3 is 5.97 Å². The molecule has 0 aromatic carbocycles. The molecule has 1 aliphatic rings. The van der Waals surface area contributed by atoms with E-state index < -0.39 is 5.60 Å². The van der Waals surface area contributed by atoms with Crippen molar-refractivity contribution in [3.63, 3.8) is 0 Å². The second kappa shape index (κ2) is 8.03. The standard InChI is InChI=1S/C15H27NO3S/c1-12(17)20-11-16(13-8-6-5-7-9-13)10-14(18)19-15(2,3)4/h13H,5-11H2,1-4H3. The number of thioether (sulfide) groups is 1. The zero-order valence-corrected chi connectivity index (χ0v) is 13.9. The number of esters is 1. The Balaban J connectivity index is 2.56. The van der Waals surface area contributed by atoms with Gasteiger partial charge in [-0.2, -0.15) is 0 Å². The topological polar surface area (TPSA) is 46.6 Å². The molecule has 0 unspecified atom stereocenters. The summed E-state index contributed by atoms with van der Waals surface area (Å²) in [6.07, 6.45) is 5.92. The van der Waals surface area contributed by atoms with Gasteiger partial charge in [0.2, 0.25) is 0 Å². The van der Waals surface area contributed by atoms with Crippen LogP contribution in [0.2, 0.25) is 0 Å². The van der Waals surface area contributed by atoms with Crippen molar-refractivity contribution in [2.45, 2.75) is 71.4 Å². The number of hydrogen-bond acceptors (Lipinski definition) is 5. The van der Waals surface area contributed by atoms with E-state index in [0.29, 0.717) is 11.9 Å². The lowest BCUT2D eigenvalue weighted by Gasteiger charge is -2.33. The number of rotatable bonds is 5. The molecule has 0 heterocycles. The van der Waals surface area contributed by atoms with E-state index in [9.17, 15) is 9.59 Å². The highest BCUT2D eigenvalue weighted by Crippen LogP contribution is 2.24. The number of carbonyl (C=O) groups excluding carboxylic acids is 2. The maximum Gasteiger partial charge on any atom is 0.320 e.